The Labute approximate surface area is 102 Å². The smallest absolute Gasteiger partial charge is 0.164 e. The van der Waals surface area contributed by atoms with Crippen LogP contribution in [0.1, 0.15) is 0 Å². The predicted molar refractivity (Wildman–Crippen MR) is 70.2 cm³/mol. The molecular formula is C12H10N4S. The molecule has 17 heavy (non-hydrogen) atoms. The molecule has 3 rings (SSSR count). The molecule has 0 aliphatic rings. The lowest BCUT2D eigenvalue weighted by atomic mass is 10.2. The lowest BCUT2D eigenvalue weighted by Gasteiger charge is -2.04. The van der Waals surface area contributed by atoms with E-state index in [9.17, 15) is 0 Å². The molecule has 0 fully saturated rings. The number of thiophene rings is 1. The molecule has 0 atom stereocenters. The fourth-order valence-electron chi connectivity index (χ4n) is 1.67. The number of fused-ring (bicyclic) bond motifs is 1. The molecule has 4 nitrogen and oxygen atoms in total. The highest BCUT2D eigenvalue weighted by molar-refractivity contribution is 7.16. The van der Waals surface area contributed by atoms with Gasteiger partial charge in [0.1, 0.15) is 10.6 Å². The molecule has 3 heterocycles. The maximum Gasteiger partial charge on any atom is 0.164 e. The van der Waals surface area contributed by atoms with E-state index in [1.807, 2.05) is 30.6 Å². The Balaban J connectivity index is 2.24. The van der Waals surface area contributed by atoms with Crippen LogP contribution in [0.5, 0.6) is 0 Å². The minimum absolute atomic E-state index is 0.706. The van der Waals surface area contributed by atoms with E-state index in [4.69, 9.17) is 0 Å². The molecule has 0 aliphatic carbocycles. The van der Waals surface area contributed by atoms with E-state index in [0.717, 1.165) is 21.6 Å². The highest BCUT2D eigenvalue weighted by Gasteiger charge is 2.08. The summed E-state index contributed by atoms with van der Waals surface area (Å²) in [4.78, 5) is 14.1. The standard InChI is InChI=1S/C12H10N4S/c1-13-11-9-4-6-17-12(9)16-10(15-11)8-3-2-5-14-7-8/h2-7H,1H3,(H,13,15,16). The van der Waals surface area contributed by atoms with E-state index < -0.39 is 0 Å². The minimum atomic E-state index is 0.706. The molecule has 3 aromatic rings. The number of nitrogens with zero attached hydrogens (tertiary/aromatic N) is 3. The molecule has 0 saturated carbocycles. The lowest BCUT2D eigenvalue weighted by molar-refractivity contribution is 1.20. The molecule has 0 unspecified atom stereocenters. The molecule has 5 heteroatoms. The van der Waals surface area contributed by atoms with Gasteiger partial charge < -0.3 is 5.32 Å². The van der Waals surface area contributed by atoms with Crippen molar-refractivity contribution < 1.29 is 0 Å². The number of hydrogen-bond donors (Lipinski definition) is 1. The van der Waals surface area contributed by atoms with Crippen molar-refractivity contribution in [3.05, 3.63) is 36.0 Å². The molecule has 0 radical (unpaired) electrons. The number of pyridine rings is 1. The summed E-state index contributed by atoms with van der Waals surface area (Å²) in [6, 6.07) is 5.87. The Morgan fingerprint density at radius 2 is 2.18 bits per heavy atom. The van der Waals surface area contributed by atoms with Crippen LogP contribution in [0.2, 0.25) is 0 Å². The summed E-state index contributed by atoms with van der Waals surface area (Å²) in [7, 11) is 1.87. The molecule has 0 aromatic carbocycles. The van der Waals surface area contributed by atoms with Crippen molar-refractivity contribution in [2.45, 2.75) is 0 Å². The normalized spacial score (nSPS) is 10.6. The average molecular weight is 242 g/mol. The highest BCUT2D eigenvalue weighted by Crippen LogP contribution is 2.27. The summed E-state index contributed by atoms with van der Waals surface area (Å²) in [5.41, 5.74) is 0.930. The third-order valence-electron chi connectivity index (χ3n) is 2.48. The van der Waals surface area contributed by atoms with Crippen molar-refractivity contribution in [2.75, 3.05) is 12.4 Å². The molecular weight excluding hydrogens is 232 g/mol. The first kappa shape index (κ1) is 10.2. The molecule has 3 aromatic heterocycles. The van der Waals surface area contributed by atoms with Gasteiger partial charge in [0.15, 0.2) is 5.82 Å². The molecule has 84 valence electrons. The first-order valence-corrected chi connectivity index (χ1v) is 6.10. The SMILES string of the molecule is CNc1nc(-c2cccnc2)nc2sccc12. The first-order valence-electron chi connectivity index (χ1n) is 5.22. The van der Waals surface area contributed by atoms with Crippen LogP contribution in [0.25, 0.3) is 21.6 Å². The van der Waals surface area contributed by atoms with Crippen molar-refractivity contribution in [2.24, 2.45) is 0 Å². The lowest BCUT2D eigenvalue weighted by Crippen LogP contribution is -1.97. The van der Waals surface area contributed by atoms with Crippen LogP contribution in [0.4, 0.5) is 5.82 Å². The van der Waals surface area contributed by atoms with Crippen molar-refractivity contribution in [1.29, 1.82) is 0 Å². The summed E-state index contributed by atoms with van der Waals surface area (Å²) in [6.45, 7) is 0. The third-order valence-corrected chi connectivity index (χ3v) is 3.29. The van der Waals surface area contributed by atoms with Gasteiger partial charge in [0.2, 0.25) is 0 Å². The summed E-state index contributed by atoms with van der Waals surface area (Å²) in [5, 5.41) is 6.18. The topological polar surface area (TPSA) is 50.7 Å². The Bertz CT molecular complexity index is 648. The Morgan fingerprint density at radius 1 is 1.24 bits per heavy atom. The van der Waals surface area contributed by atoms with E-state index in [1.165, 1.54) is 0 Å². The van der Waals surface area contributed by atoms with Gasteiger partial charge in [-0.3, -0.25) is 4.98 Å². The van der Waals surface area contributed by atoms with Crippen molar-refractivity contribution >= 4 is 27.4 Å². The third kappa shape index (κ3) is 1.74. The molecule has 0 amide bonds. The van der Waals surface area contributed by atoms with Gasteiger partial charge in [-0.05, 0) is 23.6 Å². The fraction of sp³-hybridized carbons (Fsp3) is 0.0833. The number of nitrogens with one attached hydrogen (secondary N) is 1. The van der Waals surface area contributed by atoms with Gasteiger partial charge in [-0.15, -0.1) is 11.3 Å². The number of aromatic nitrogens is 3. The van der Waals surface area contributed by atoms with Gasteiger partial charge in [0, 0.05) is 25.0 Å². The zero-order valence-electron chi connectivity index (χ0n) is 9.21. The molecule has 0 bridgehead atoms. The summed E-state index contributed by atoms with van der Waals surface area (Å²) in [6.07, 6.45) is 3.51. The quantitative estimate of drug-likeness (QED) is 0.750. The fourth-order valence-corrected chi connectivity index (χ4v) is 2.43. The Hall–Kier alpha value is -2.01. The minimum Gasteiger partial charge on any atom is -0.372 e. The zero-order valence-corrected chi connectivity index (χ0v) is 10.0. The summed E-state index contributed by atoms with van der Waals surface area (Å²) >= 11 is 1.61. The van der Waals surface area contributed by atoms with E-state index in [-0.39, 0.29) is 0 Å². The van der Waals surface area contributed by atoms with Crippen LogP contribution in [0.3, 0.4) is 0 Å². The van der Waals surface area contributed by atoms with E-state index >= 15 is 0 Å². The predicted octanol–water partition coefficient (Wildman–Crippen LogP) is 2.80. The van der Waals surface area contributed by atoms with Crippen LogP contribution < -0.4 is 5.32 Å². The molecule has 1 N–H and O–H groups in total. The van der Waals surface area contributed by atoms with Gasteiger partial charge >= 0.3 is 0 Å². The van der Waals surface area contributed by atoms with Gasteiger partial charge in [-0.2, -0.15) is 0 Å². The number of hydrogen-bond acceptors (Lipinski definition) is 5. The van der Waals surface area contributed by atoms with Crippen molar-refractivity contribution in [3.8, 4) is 11.4 Å². The van der Waals surface area contributed by atoms with E-state index in [1.54, 1.807) is 23.7 Å². The van der Waals surface area contributed by atoms with Crippen LogP contribution in [0, 0.1) is 0 Å². The van der Waals surface area contributed by atoms with Crippen LogP contribution in [-0.2, 0) is 0 Å². The van der Waals surface area contributed by atoms with Crippen LogP contribution >= 0.6 is 11.3 Å². The maximum atomic E-state index is 4.54. The second-order valence-electron chi connectivity index (χ2n) is 3.53. The highest BCUT2D eigenvalue weighted by atomic mass is 32.1. The van der Waals surface area contributed by atoms with Crippen molar-refractivity contribution in [3.63, 3.8) is 0 Å². The van der Waals surface area contributed by atoms with Crippen LogP contribution in [0.15, 0.2) is 36.0 Å². The maximum absolute atomic E-state index is 4.54. The average Bonchev–Trinajstić information content (AvgIpc) is 2.86. The zero-order chi connectivity index (χ0) is 11.7. The van der Waals surface area contributed by atoms with Gasteiger partial charge in [0.25, 0.3) is 0 Å². The van der Waals surface area contributed by atoms with E-state index in [0.29, 0.717) is 5.82 Å². The Kier molecular flexibility index (Phi) is 2.45. The number of anilines is 1. The second kappa shape index (κ2) is 4.10. The first-order chi connectivity index (χ1) is 8.38. The van der Waals surface area contributed by atoms with Gasteiger partial charge in [-0.1, -0.05) is 0 Å². The summed E-state index contributed by atoms with van der Waals surface area (Å²) < 4.78 is 0. The Morgan fingerprint density at radius 3 is 2.94 bits per heavy atom. The van der Waals surface area contributed by atoms with Crippen molar-refractivity contribution in [1.82, 2.24) is 15.0 Å². The summed E-state index contributed by atoms with van der Waals surface area (Å²) in [5.74, 6) is 1.56. The van der Waals surface area contributed by atoms with Crippen LogP contribution in [-0.4, -0.2) is 22.0 Å². The largest absolute Gasteiger partial charge is 0.372 e. The van der Waals surface area contributed by atoms with Gasteiger partial charge in [0.05, 0.1) is 5.39 Å². The molecule has 0 saturated heterocycles. The van der Waals surface area contributed by atoms with Gasteiger partial charge in [-0.25, -0.2) is 9.97 Å². The molecule has 0 aliphatic heterocycles. The monoisotopic (exact) mass is 242 g/mol. The second-order valence-corrected chi connectivity index (χ2v) is 4.42. The number of rotatable bonds is 2. The molecule has 0 spiro atoms. The van der Waals surface area contributed by atoms with E-state index in [2.05, 4.69) is 20.3 Å².